The highest BCUT2D eigenvalue weighted by molar-refractivity contribution is 5.79. The molecule has 0 bridgehead atoms. The van der Waals surface area contributed by atoms with Gasteiger partial charge in [-0.3, -0.25) is 0 Å². The van der Waals surface area contributed by atoms with Gasteiger partial charge in [0.1, 0.15) is 5.75 Å². The van der Waals surface area contributed by atoms with Gasteiger partial charge in [-0.1, -0.05) is 0 Å². The second kappa shape index (κ2) is 6.48. The lowest BCUT2D eigenvalue weighted by atomic mass is 9.82. The Labute approximate surface area is 126 Å². The van der Waals surface area contributed by atoms with Crippen molar-refractivity contribution in [3.63, 3.8) is 0 Å². The van der Waals surface area contributed by atoms with E-state index in [0.717, 1.165) is 30.4 Å². The molecule has 1 aromatic carbocycles. The summed E-state index contributed by atoms with van der Waals surface area (Å²) in [7, 11) is 1.58. The Bertz CT molecular complexity index is 548. The highest BCUT2D eigenvalue weighted by Gasteiger charge is 2.30. The van der Waals surface area contributed by atoms with Crippen molar-refractivity contribution in [3.8, 4) is 5.75 Å². The van der Waals surface area contributed by atoms with Crippen LogP contribution in [-0.4, -0.2) is 24.8 Å². The van der Waals surface area contributed by atoms with Crippen molar-refractivity contribution in [2.75, 3.05) is 13.7 Å². The second-order valence-electron chi connectivity index (χ2n) is 5.52. The smallest absolute Gasteiger partial charge is 0.339 e. The van der Waals surface area contributed by atoms with Gasteiger partial charge in [-0.2, -0.15) is 0 Å². The van der Waals surface area contributed by atoms with Gasteiger partial charge in [0.25, 0.3) is 0 Å². The van der Waals surface area contributed by atoms with Crippen LogP contribution in [0.15, 0.2) is 0 Å². The van der Waals surface area contributed by atoms with E-state index in [0.29, 0.717) is 11.3 Å². The maximum atomic E-state index is 11.9. The molecule has 0 amide bonds. The molecule has 4 heteroatoms. The van der Waals surface area contributed by atoms with Gasteiger partial charge in [-0.15, -0.1) is 0 Å². The molecular weight excluding hydrogens is 268 g/mol. The van der Waals surface area contributed by atoms with E-state index in [2.05, 4.69) is 0 Å². The number of benzene rings is 1. The molecule has 2 rings (SSSR count). The summed E-state index contributed by atoms with van der Waals surface area (Å²) in [6.07, 6.45) is 3.07. The fraction of sp³-hybridized carbons (Fsp3) is 0.588. The molecule has 1 atom stereocenters. The zero-order valence-corrected chi connectivity index (χ0v) is 13.3. The highest BCUT2D eigenvalue weighted by atomic mass is 16.5. The lowest BCUT2D eigenvalue weighted by Gasteiger charge is -2.27. The molecule has 4 nitrogen and oxygen atoms in total. The SMILES string of the molecule is CCOC(=O)C(O)c1c(C)c2c(c(C)c1OC)CCCC2. The van der Waals surface area contributed by atoms with Crippen molar-refractivity contribution >= 4 is 5.97 Å². The van der Waals surface area contributed by atoms with Crippen molar-refractivity contribution < 1.29 is 19.4 Å². The summed E-state index contributed by atoms with van der Waals surface area (Å²) in [5.74, 6) is 0.00256. The van der Waals surface area contributed by atoms with Crippen LogP contribution in [-0.2, 0) is 22.4 Å². The third-order valence-electron chi connectivity index (χ3n) is 4.35. The molecule has 1 aromatic rings. The third kappa shape index (κ3) is 2.77. The van der Waals surface area contributed by atoms with Crippen LogP contribution in [0.1, 0.15) is 53.7 Å². The molecule has 1 aliphatic rings. The predicted molar refractivity (Wildman–Crippen MR) is 80.7 cm³/mol. The van der Waals surface area contributed by atoms with Gasteiger partial charge in [-0.05, 0) is 68.7 Å². The summed E-state index contributed by atoms with van der Waals surface area (Å²) in [6.45, 7) is 5.95. The quantitative estimate of drug-likeness (QED) is 0.867. The average Bonchev–Trinajstić information content (AvgIpc) is 2.50. The first-order chi connectivity index (χ1) is 10.0. The van der Waals surface area contributed by atoms with Gasteiger partial charge in [0.15, 0.2) is 6.10 Å². The summed E-state index contributed by atoms with van der Waals surface area (Å²) in [6, 6.07) is 0. The topological polar surface area (TPSA) is 55.8 Å². The molecule has 0 fully saturated rings. The summed E-state index contributed by atoms with van der Waals surface area (Å²) in [5, 5.41) is 10.4. The van der Waals surface area contributed by atoms with Gasteiger partial charge in [0.2, 0.25) is 0 Å². The molecule has 0 aliphatic heterocycles. The standard InChI is InChI=1S/C17H24O4/c1-5-21-17(19)15(18)14-10(2)12-8-6-7-9-13(12)11(3)16(14)20-4/h15,18H,5-9H2,1-4H3. The number of methoxy groups -OCH3 is 1. The van der Waals surface area contributed by atoms with Crippen molar-refractivity contribution in [1.29, 1.82) is 0 Å². The Morgan fingerprint density at radius 1 is 1.19 bits per heavy atom. The first-order valence-corrected chi connectivity index (χ1v) is 7.56. The number of carbonyl (C=O) groups is 1. The Balaban J connectivity index is 2.59. The van der Waals surface area contributed by atoms with Crippen molar-refractivity contribution in [2.45, 2.75) is 52.6 Å². The second-order valence-corrected chi connectivity index (χ2v) is 5.52. The number of hydrogen-bond acceptors (Lipinski definition) is 4. The number of aliphatic hydroxyl groups is 1. The Hall–Kier alpha value is -1.55. The summed E-state index contributed by atoms with van der Waals surface area (Å²) >= 11 is 0. The molecule has 0 heterocycles. The van der Waals surface area contributed by atoms with Gasteiger partial charge in [0.05, 0.1) is 13.7 Å². The van der Waals surface area contributed by atoms with Crippen LogP contribution in [0.5, 0.6) is 5.75 Å². The first kappa shape index (κ1) is 15.8. The maximum Gasteiger partial charge on any atom is 0.339 e. The van der Waals surface area contributed by atoms with Crippen LogP contribution in [0.4, 0.5) is 0 Å². The number of rotatable bonds is 4. The molecule has 0 spiro atoms. The summed E-state index contributed by atoms with van der Waals surface area (Å²) < 4.78 is 10.5. The minimum absolute atomic E-state index is 0.251. The number of ether oxygens (including phenoxy) is 2. The van der Waals surface area contributed by atoms with Crippen LogP contribution >= 0.6 is 0 Å². The normalized spacial score (nSPS) is 15.3. The Morgan fingerprint density at radius 3 is 2.29 bits per heavy atom. The fourth-order valence-corrected chi connectivity index (χ4v) is 3.34. The van der Waals surface area contributed by atoms with Crippen LogP contribution in [0.3, 0.4) is 0 Å². The Morgan fingerprint density at radius 2 is 1.76 bits per heavy atom. The van der Waals surface area contributed by atoms with Crippen molar-refractivity contribution in [2.24, 2.45) is 0 Å². The summed E-state index contributed by atoms with van der Waals surface area (Å²) in [4.78, 5) is 11.9. The van der Waals surface area contributed by atoms with Crippen LogP contribution in [0, 0.1) is 13.8 Å². The zero-order chi connectivity index (χ0) is 15.6. The number of hydrogen-bond donors (Lipinski definition) is 1. The molecule has 0 radical (unpaired) electrons. The van der Waals surface area contributed by atoms with Crippen LogP contribution in [0.25, 0.3) is 0 Å². The number of carbonyl (C=O) groups excluding carboxylic acids is 1. The third-order valence-corrected chi connectivity index (χ3v) is 4.35. The van der Waals surface area contributed by atoms with E-state index in [-0.39, 0.29) is 6.61 Å². The molecule has 0 saturated heterocycles. The highest BCUT2D eigenvalue weighted by Crippen LogP contribution is 2.40. The van der Waals surface area contributed by atoms with Crippen molar-refractivity contribution in [3.05, 3.63) is 27.8 Å². The first-order valence-electron chi connectivity index (χ1n) is 7.56. The maximum absolute atomic E-state index is 11.9. The molecule has 1 N–H and O–H groups in total. The van der Waals surface area contributed by atoms with E-state index < -0.39 is 12.1 Å². The minimum atomic E-state index is -1.29. The molecule has 0 saturated carbocycles. The molecule has 0 aromatic heterocycles. The van der Waals surface area contributed by atoms with E-state index in [1.165, 1.54) is 17.5 Å². The number of esters is 1. The number of fused-ring (bicyclic) bond motifs is 1. The summed E-state index contributed by atoms with van der Waals surface area (Å²) in [5.41, 5.74) is 5.14. The lowest BCUT2D eigenvalue weighted by Crippen LogP contribution is -2.20. The molecule has 116 valence electrons. The van der Waals surface area contributed by atoms with Crippen molar-refractivity contribution in [1.82, 2.24) is 0 Å². The predicted octanol–water partition coefficient (Wildman–Crippen LogP) is 2.79. The van der Waals surface area contributed by atoms with Crippen LogP contribution < -0.4 is 4.74 Å². The Kier molecular flexibility index (Phi) is 4.88. The van der Waals surface area contributed by atoms with Gasteiger partial charge < -0.3 is 14.6 Å². The number of aliphatic hydroxyl groups excluding tert-OH is 1. The molecule has 21 heavy (non-hydrogen) atoms. The fourth-order valence-electron chi connectivity index (χ4n) is 3.34. The average molecular weight is 292 g/mol. The van der Waals surface area contributed by atoms with E-state index in [1.54, 1.807) is 14.0 Å². The minimum Gasteiger partial charge on any atom is -0.496 e. The monoisotopic (exact) mass is 292 g/mol. The van der Waals surface area contributed by atoms with Crippen LogP contribution in [0.2, 0.25) is 0 Å². The van der Waals surface area contributed by atoms with Gasteiger partial charge >= 0.3 is 5.97 Å². The largest absolute Gasteiger partial charge is 0.496 e. The van der Waals surface area contributed by atoms with E-state index in [1.807, 2.05) is 13.8 Å². The van der Waals surface area contributed by atoms with Gasteiger partial charge in [-0.25, -0.2) is 4.79 Å². The zero-order valence-electron chi connectivity index (χ0n) is 13.3. The van der Waals surface area contributed by atoms with E-state index in [4.69, 9.17) is 9.47 Å². The molecule has 1 unspecified atom stereocenters. The van der Waals surface area contributed by atoms with E-state index >= 15 is 0 Å². The molecule has 1 aliphatic carbocycles. The molecular formula is C17H24O4. The van der Waals surface area contributed by atoms with Gasteiger partial charge in [0, 0.05) is 5.56 Å². The van der Waals surface area contributed by atoms with E-state index in [9.17, 15) is 9.90 Å². The lowest BCUT2D eigenvalue weighted by molar-refractivity contribution is -0.153.